The number of anilines is 1. The zero-order valence-electron chi connectivity index (χ0n) is 14.1. The van der Waals surface area contributed by atoms with Gasteiger partial charge in [-0.05, 0) is 37.5 Å². The van der Waals surface area contributed by atoms with Crippen molar-refractivity contribution in [3.63, 3.8) is 0 Å². The van der Waals surface area contributed by atoms with Crippen LogP contribution in [-0.4, -0.2) is 44.3 Å². The Bertz CT molecular complexity index is 771. The maximum Gasteiger partial charge on any atom is 0.345 e. The van der Waals surface area contributed by atoms with Crippen molar-refractivity contribution in [2.24, 2.45) is 7.05 Å². The molecule has 1 aromatic carbocycles. The normalized spacial score (nSPS) is 15.5. The van der Waals surface area contributed by atoms with E-state index in [0.29, 0.717) is 19.1 Å². The van der Waals surface area contributed by atoms with Gasteiger partial charge in [0.05, 0.1) is 0 Å². The molecule has 1 N–H and O–H groups in total. The molecule has 24 heavy (non-hydrogen) atoms. The average molecular weight is 329 g/mol. The number of hydrogen-bond acceptors (Lipinski definition) is 4. The number of nitrogens with zero attached hydrogens (tertiary/aromatic N) is 4. The van der Waals surface area contributed by atoms with Crippen molar-refractivity contribution in [3.8, 4) is 0 Å². The van der Waals surface area contributed by atoms with Gasteiger partial charge in [0.15, 0.2) is 0 Å². The Morgan fingerprint density at radius 1 is 1.33 bits per heavy atom. The van der Waals surface area contributed by atoms with Gasteiger partial charge in [0.25, 0.3) is 0 Å². The van der Waals surface area contributed by atoms with Crippen LogP contribution in [0.4, 0.5) is 5.69 Å². The van der Waals surface area contributed by atoms with Crippen molar-refractivity contribution in [2.75, 3.05) is 18.4 Å². The molecule has 1 aliphatic heterocycles. The average Bonchev–Trinajstić information content (AvgIpc) is 2.87. The van der Waals surface area contributed by atoms with Crippen LogP contribution in [0.3, 0.4) is 0 Å². The summed E-state index contributed by atoms with van der Waals surface area (Å²) in [5.74, 6) is -0.0511. The molecular weight excluding hydrogens is 306 g/mol. The quantitative estimate of drug-likeness (QED) is 0.908. The molecular formula is C17H23N5O2. The summed E-state index contributed by atoms with van der Waals surface area (Å²) in [5, 5.41) is 7.47. The fraction of sp³-hybridized carbons (Fsp3) is 0.471. The van der Waals surface area contributed by atoms with E-state index in [0.717, 1.165) is 18.5 Å². The summed E-state index contributed by atoms with van der Waals surface area (Å²) in [6.45, 7) is 3.48. The zero-order valence-corrected chi connectivity index (χ0v) is 14.1. The van der Waals surface area contributed by atoms with Crippen LogP contribution in [0.2, 0.25) is 0 Å². The van der Waals surface area contributed by atoms with Crippen molar-refractivity contribution < 1.29 is 4.79 Å². The van der Waals surface area contributed by atoms with Crippen molar-refractivity contribution in [3.05, 3.63) is 46.6 Å². The summed E-state index contributed by atoms with van der Waals surface area (Å²) < 4.78 is 2.57. The highest BCUT2D eigenvalue weighted by Crippen LogP contribution is 2.17. The number of hydrogen-bond donors (Lipinski definition) is 1. The largest absolute Gasteiger partial charge is 0.382 e. The number of benzene rings is 1. The summed E-state index contributed by atoms with van der Waals surface area (Å²) in [7, 11) is 1.62. The number of aryl methyl sites for hydroxylation is 2. The van der Waals surface area contributed by atoms with Gasteiger partial charge in [-0.15, -0.1) is 0 Å². The van der Waals surface area contributed by atoms with Crippen LogP contribution in [0, 0.1) is 6.92 Å². The van der Waals surface area contributed by atoms with Gasteiger partial charge < -0.3 is 10.2 Å². The van der Waals surface area contributed by atoms with E-state index in [1.165, 1.54) is 21.1 Å². The zero-order chi connectivity index (χ0) is 17.1. The molecule has 3 rings (SSSR count). The first kappa shape index (κ1) is 16.3. The monoisotopic (exact) mass is 329 g/mol. The Hall–Kier alpha value is -2.57. The van der Waals surface area contributed by atoms with Gasteiger partial charge >= 0.3 is 5.69 Å². The SMILES string of the molecule is Cc1cccc(NC2CCN(C(=O)Cn3ncn(C)c3=O)CC2)c1. The molecule has 1 fully saturated rings. The Labute approximate surface area is 140 Å². The first-order valence-electron chi connectivity index (χ1n) is 8.22. The molecule has 0 spiro atoms. The molecule has 1 amide bonds. The van der Waals surface area contributed by atoms with Crippen molar-refractivity contribution in [2.45, 2.75) is 32.4 Å². The van der Waals surface area contributed by atoms with Gasteiger partial charge in [0.2, 0.25) is 5.91 Å². The molecule has 128 valence electrons. The maximum absolute atomic E-state index is 12.3. The smallest absolute Gasteiger partial charge is 0.345 e. The van der Waals surface area contributed by atoms with Crippen LogP contribution in [0.15, 0.2) is 35.4 Å². The van der Waals surface area contributed by atoms with Crippen LogP contribution < -0.4 is 11.0 Å². The number of carbonyl (C=O) groups is 1. The lowest BCUT2D eigenvalue weighted by atomic mass is 10.0. The molecule has 7 heteroatoms. The fourth-order valence-corrected chi connectivity index (χ4v) is 3.00. The number of nitrogens with one attached hydrogen (secondary N) is 1. The molecule has 7 nitrogen and oxygen atoms in total. The van der Waals surface area contributed by atoms with Crippen LogP contribution in [-0.2, 0) is 18.4 Å². The van der Waals surface area contributed by atoms with E-state index < -0.39 is 0 Å². The highest BCUT2D eigenvalue weighted by atomic mass is 16.2. The van der Waals surface area contributed by atoms with Gasteiger partial charge in [-0.3, -0.25) is 9.36 Å². The summed E-state index contributed by atoms with van der Waals surface area (Å²) in [5.41, 5.74) is 2.09. The second kappa shape index (κ2) is 6.90. The molecule has 0 saturated carbocycles. The molecule has 0 atom stereocenters. The summed E-state index contributed by atoms with van der Waals surface area (Å²) in [6.07, 6.45) is 3.22. The predicted molar refractivity (Wildman–Crippen MR) is 91.9 cm³/mol. The Balaban J connectivity index is 1.52. The van der Waals surface area contributed by atoms with Crippen molar-refractivity contribution in [1.29, 1.82) is 0 Å². The van der Waals surface area contributed by atoms with E-state index in [1.807, 2.05) is 11.0 Å². The first-order chi connectivity index (χ1) is 11.5. The number of carbonyl (C=O) groups excluding carboxylic acids is 1. The Morgan fingerprint density at radius 2 is 2.08 bits per heavy atom. The molecule has 1 saturated heterocycles. The maximum atomic E-state index is 12.3. The number of rotatable bonds is 4. The fourth-order valence-electron chi connectivity index (χ4n) is 3.00. The number of aromatic nitrogens is 3. The lowest BCUT2D eigenvalue weighted by molar-refractivity contribution is -0.133. The van der Waals surface area contributed by atoms with Crippen LogP contribution >= 0.6 is 0 Å². The van der Waals surface area contributed by atoms with Crippen LogP contribution in [0.5, 0.6) is 0 Å². The molecule has 0 unspecified atom stereocenters. The number of likely N-dealkylation sites (tertiary alicyclic amines) is 1. The third-order valence-electron chi connectivity index (χ3n) is 4.41. The Kier molecular flexibility index (Phi) is 4.69. The summed E-state index contributed by atoms with van der Waals surface area (Å²) >= 11 is 0. The number of amides is 1. The topological polar surface area (TPSA) is 72.2 Å². The predicted octanol–water partition coefficient (Wildman–Crippen LogP) is 0.993. The Morgan fingerprint density at radius 3 is 2.71 bits per heavy atom. The first-order valence-corrected chi connectivity index (χ1v) is 8.22. The summed E-state index contributed by atoms with van der Waals surface area (Å²) in [4.78, 5) is 25.9. The highest BCUT2D eigenvalue weighted by Gasteiger charge is 2.23. The number of piperidine rings is 1. The second-order valence-corrected chi connectivity index (χ2v) is 6.35. The minimum Gasteiger partial charge on any atom is -0.382 e. The molecule has 2 aromatic rings. The lowest BCUT2D eigenvalue weighted by Gasteiger charge is -2.33. The van der Waals surface area contributed by atoms with E-state index in [9.17, 15) is 9.59 Å². The van der Waals surface area contributed by atoms with Crippen molar-refractivity contribution >= 4 is 11.6 Å². The van der Waals surface area contributed by atoms with Gasteiger partial charge in [-0.2, -0.15) is 5.10 Å². The van der Waals surface area contributed by atoms with E-state index in [1.54, 1.807) is 7.05 Å². The minimum absolute atomic E-state index is 0.00957. The standard InChI is InChI=1S/C17H23N5O2/c1-13-4-3-5-15(10-13)19-14-6-8-21(9-7-14)16(23)11-22-17(24)20(2)12-18-22/h3-5,10,12,14,19H,6-9,11H2,1-2H3. The molecule has 0 radical (unpaired) electrons. The summed E-state index contributed by atoms with van der Waals surface area (Å²) in [6, 6.07) is 8.68. The van der Waals surface area contributed by atoms with Gasteiger partial charge in [0.1, 0.15) is 12.9 Å². The lowest BCUT2D eigenvalue weighted by Crippen LogP contribution is -2.44. The van der Waals surface area contributed by atoms with Crippen LogP contribution in [0.25, 0.3) is 0 Å². The van der Waals surface area contributed by atoms with E-state index >= 15 is 0 Å². The third-order valence-corrected chi connectivity index (χ3v) is 4.41. The van der Waals surface area contributed by atoms with E-state index in [-0.39, 0.29) is 18.1 Å². The molecule has 0 bridgehead atoms. The van der Waals surface area contributed by atoms with Gasteiger partial charge in [-0.1, -0.05) is 12.1 Å². The van der Waals surface area contributed by atoms with Crippen molar-refractivity contribution in [1.82, 2.24) is 19.2 Å². The highest BCUT2D eigenvalue weighted by molar-refractivity contribution is 5.76. The molecule has 2 heterocycles. The van der Waals surface area contributed by atoms with E-state index in [2.05, 4.69) is 35.5 Å². The molecule has 1 aromatic heterocycles. The second-order valence-electron chi connectivity index (χ2n) is 6.35. The van der Waals surface area contributed by atoms with E-state index in [4.69, 9.17) is 0 Å². The molecule has 1 aliphatic rings. The molecule has 0 aliphatic carbocycles. The van der Waals surface area contributed by atoms with Gasteiger partial charge in [0, 0.05) is 31.9 Å². The van der Waals surface area contributed by atoms with Gasteiger partial charge in [-0.25, -0.2) is 9.48 Å². The third kappa shape index (κ3) is 3.67. The minimum atomic E-state index is -0.264. The van der Waals surface area contributed by atoms with Crippen LogP contribution in [0.1, 0.15) is 18.4 Å².